The van der Waals surface area contributed by atoms with Crippen LogP contribution in [-0.2, 0) is 0 Å². The molecule has 1 aromatic carbocycles. The standard InChI is InChI=1S/C17H19N3OS/c1-5-21-13-8-6-12(7-9-13)14-11(2)22-17-15(14)16(20(3)4)18-10-19-17/h6-10H,5H2,1-4H3. The van der Waals surface area contributed by atoms with Gasteiger partial charge in [-0.15, -0.1) is 11.3 Å². The highest BCUT2D eigenvalue weighted by atomic mass is 32.1. The molecule has 0 amide bonds. The van der Waals surface area contributed by atoms with Gasteiger partial charge in [-0.25, -0.2) is 9.97 Å². The van der Waals surface area contributed by atoms with E-state index in [0.29, 0.717) is 6.61 Å². The number of rotatable bonds is 4. The molecule has 3 rings (SSSR count). The van der Waals surface area contributed by atoms with Crippen molar-refractivity contribution < 1.29 is 4.74 Å². The minimum Gasteiger partial charge on any atom is -0.494 e. The molecule has 0 radical (unpaired) electrons. The Balaban J connectivity index is 2.19. The SMILES string of the molecule is CCOc1ccc(-c2c(C)sc3ncnc(N(C)C)c23)cc1. The molecule has 0 bridgehead atoms. The second-order valence-electron chi connectivity index (χ2n) is 5.26. The van der Waals surface area contributed by atoms with Crippen LogP contribution in [-0.4, -0.2) is 30.7 Å². The van der Waals surface area contributed by atoms with Crippen LogP contribution in [0.4, 0.5) is 5.82 Å². The highest BCUT2D eigenvalue weighted by molar-refractivity contribution is 7.19. The summed E-state index contributed by atoms with van der Waals surface area (Å²) in [6, 6.07) is 8.24. The predicted molar refractivity (Wildman–Crippen MR) is 93.1 cm³/mol. The summed E-state index contributed by atoms with van der Waals surface area (Å²) in [6.45, 7) is 4.81. The van der Waals surface area contributed by atoms with Gasteiger partial charge >= 0.3 is 0 Å². The van der Waals surface area contributed by atoms with Crippen molar-refractivity contribution in [3.63, 3.8) is 0 Å². The van der Waals surface area contributed by atoms with Crippen molar-refractivity contribution >= 4 is 27.4 Å². The third-order valence-corrected chi connectivity index (χ3v) is 4.54. The molecule has 0 saturated carbocycles. The van der Waals surface area contributed by atoms with Crippen LogP contribution in [0.2, 0.25) is 0 Å². The van der Waals surface area contributed by atoms with Gasteiger partial charge in [-0.3, -0.25) is 0 Å². The second-order valence-corrected chi connectivity index (χ2v) is 6.47. The summed E-state index contributed by atoms with van der Waals surface area (Å²) in [5.74, 6) is 1.85. The van der Waals surface area contributed by atoms with Gasteiger partial charge in [0, 0.05) is 24.5 Å². The van der Waals surface area contributed by atoms with E-state index in [1.165, 1.54) is 16.0 Å². The summed E-state index contributed by atoms with van der Waals surface area (Å²) >= 11 is 1.71. The highest BCUT2D eigenvalue weighted by Crippen LogP contribution is 2.41. The summed E-state index contributed by atoms with van der Waals surface area (Å²) in [4.78, 5) is 13.2. The minimum atomic E-state index is 0.679. The van der Waals surface area contributed by atoms with Gasteiger partial charge in [-0.05, 0) is 31.5 Å². The minimum absolute atomic E-state index is 0.679. The van der Waals surface area contributed by atoms with E-state index < -0.39 is 0 Å². The van der Waals surface area contributed by atoms with Gasteiger partial charge in [0.05, 0.1) is 12.0 Å². The molecule has 114 valence electrons. The molecule has 0 aliphatic carbocycles. The molecule has 0 atom stereocenters. The van der Waals surface area contributed by atoms with E-state index in [9.17, 15) is 0 Å². The van der Waals surface area contributed by atoms with Crippen LogP contribution in [0.1, 0.15) is 11.8 Å². The molecule has 3 aromatic rings. The van der Waals surface area contributed by atoms with Gasteiger partial charge in [-0.1, -0.05) is 12.1 Å². The van der Waals surface area contributed by atoms with Crippen molar-refractivity contribution in [2.24, 2.45) is 0 Å². The Bertz CT molecular complexity index is 794. The number of fused-ring (bicyclic) bond motifs is 1. The number of anilines is 1. The van der Waals surface area contributed by atoms with Crippen LogP contribution in [0.15, 0.2) is 30.6 Å². The lowest BCUT2D eigenvalue weighted by Gasteiger charge is -2.13. The van der Waals surface area contributed by atoms with Crippen molar-refractivity contribution in [2.45, 2.75) is 13.8 Å². The van der Waals surface area contributed by atoms with E-state index >= 15 is 0 Å². The van der Waals surface area contributed by atoms with Crippen molar-refractivity contribution in [3.8, 4) is 16.9 Å². The lowest BCUT2D eigenvalue weighted by molar-refractivity contribution is 0.340. The lowest BCUT2D eigenvalue weighted by Crippen LogP contribution is -2.11. The van der Waals surface area contributed by atoms with Gasteiger partial charge in [-0.2, -0.15) is 0 Å². The number of aryl methyl sites for hydroxylation is 1. The zero-order valence-electron chi connectivity index (χ0n) is 13.3. The summed E-state index contributed by atoms with van der Waals surface area (Å²) in [6.07, 6.45) is 1.63. The monoisotopic (exact) mass is 313 g/mol. The lowest BCUT2D eigenvalue weighted by atomic mass is 10.0. The number of aromatic nitrogens is 2. The van der Waals surface area contributed by atoms with E-state index in [2.05, 4.69) is 29.0 Å². The molecule has 0 unspecified atom stereocenters. The molecule has 4 nitrogen and oxygen atoms in total. The van der Waals surface area contributed by atoms with Gasteiger partial charge in [0.1, 0.15) is 22.7 Å². The zero-order valence-corrected chi connectivity index (χ0v) is 14.1. The number of hydrogen-bond acceptors (Lipinski definition) is 5. The van der Waals surface area contributed by atoms with Gasteiger partial charge in [0.25, 0.3) is 0 Å². The molecule has 0 saturated heterocycles. The largest absolute Gasteiger partial charge is 0.494 e. The van der Waals surface area contributed by atoms with Gasteiger partial charge in [0.15, 0.2) is 0 Å². The zero-order chi connectivity index (χ0) is 15.7. The van der Waals surface area contributed by atoms with Crippen LogP contribution >= 0.6 is 11.3 Å². The number of thiophene rings is 1. The first-order chi connectivity index (χ1) is 10.6. The Hall–Kier alpha value is -2.14. The van der Waals surface area contributed by atoms with Crippen molar-refractivity contribution in [1.82, 2.24) is 9.97 Å². The maximum Gasteiger partial charge on any atom is 0.140 e. The third kappa shape index (κ3) is 2.52. The first-order valence-electron chi connectivity index (χ1n) is 7.26. The van der Waals surface area contributed by atoms with Crippen LogP contribution in [0.25, 0.3) is 21.3 Å². The fourth-order valence-corrected chi connectivity index (χ4v) is 3.61. The smallest absolute Gasteiger partial charge is 0.140 e. The summed E-state index contributed by atoms with van der Waals surface area (Å²) in [7, 11) is 4.02. The quantitative estimate of drug-likeness (QED) is 0.726. The number of hydrogen-bond donors (Lipinski definition) is 0. The highest BCUT2D eigenvalue weighted by Gasteiger charge is 2.17. The Labute approximate surface area is 134 Å². The van der Waals surface area contributed by atoms with E-state index in [1.54, 1.807) is 17.7 Å². The van der Waals surface area contributed by atoms with Crippen molar-refractivity contribution in [2.75, 3.05) is 25.6 Å². The molecule has 0 fully saturated rings. The molecule has 0 aliphatic rings. The van der Waals surface area contributed by atoms with Crippen LogP contribution in [0.5, 0.6) is 5.75 Å². The predicted octanol–water partition coefficient (Wildman–Crippen LogP) is 4.13. The average Bonchev–Trinajstić information content (AvgIpc) is 2.84. The van der Waals surface area contributed by atoms with E-state index in [4.69, 9.17) is 4.74 Å². The molecular formula is C17H19N3OS. The van der Waals surface area contributed by atoms with E-state index in [0.717, 1.165) is 21.8 Å². The van der Waals surface area contributed by atoms with Crippen LogP contribution < -0.4 is 9.64 Å². The molecule has 22 heavy (non-hydrogen) atoms. The molecule has 2 heterocycles. The van der Waals surface area contributed by atoms with Crippen molar-refractivity contribution in [1.29, 1.82) is 0 Å². The normalized spacial score (nSPS) is 10.9. The Kier molecular flexibility index (Phi) is 3.98. The molecular weight excluding hydrogens is 294 g/mol. The summed E-state index contributed by atoms with van der Waals surface area (Å²) in [5, 5.41) is 1.12. The topological polar surface area (TPSA) is 38.3 Å². The molecule has 0 N–H and O–H groups in total. The molecule has 0 aliphatic heterocycles. The first kappa shape index (κ1) is 14.8. The number of nitrogens with zero attached hydrogens (tertiary/aromatic N) is 3. The Morgan fingerprint density at radius 2 is 1.86 bits per heavy atom. The van der Waals surface area contributed by atoms with Gasteiger partial charge < -0.3 is 9.64 Å². The number of benzene rings is 1. The maximum absolute atomic E-state index is 5.53. The number of ether oxygens (including phenoxy) is 1. The van der Waals surface area contributed by atoms with Crippen LogP contribution in [0, 0.1) is 6.92 Å². The summed E-state index contributed by atoms with van der Waals surface area (Å²) < 4.78 is 5.53. The summed E-state index contributed by atoms with van der Waals surface area (Å²) in [5.41, 5.74) is 2.39. The fraction of sp³-hybridized carbons (Fsp3) is 0.294. The molecule has 0 spiro atoms. The molecule has 2 aromatic heterocycles. The van der Waals surface area contributed by atoms with Crippen molar-refractivity contribution in [3.05, 3.63) is 35.5 Å². The second kappa shape index (κ2) is 5.93. The maximum atomic E-state index is 5.53. The fourth-order valence-electron chi connectivity index (χ4n) is 2.60. The Morgan fingerprint density at radius 3 is 2.50 bits per heavy atom. The van der Waals surface area contributed by atoms with E-state index in [1.807, 2.05) is 38.1 Å². The Morgan fingerprint density at radius 1 is 1.14 bits per heavy atom. The first-order valence-corrected chi connectivity index (χ1v) is 8.08. The van der Waals surface area contributed by atoms with Gasteiger partial charge in [0.2, 0.25) is 0 Å². The third-order valence-electron chi connectivity index (χ3n) is 3.52. The average molecular weight is 313 g/mol. The molecule has 5 heteroatoms. The van der Waals surface area contributed by atoms with E-state index in [-0.39, 0.29) is 0 Å². The van der Waals surface area contributed by atoms with Crippen LogP contribution in [0.3, 0.4) is 0 Å².